The number of aryl methyl sites for hydroxylation is 1. The highest BCUT2D eigenvalue weighted by atomic mass is 16.5. The number of ether oxygens (including phenoxy) is 1. The van der Waals surface area contributed by atoms with E-state index in [1.54, 1.807) is 0 Å². The van der Waals surface area contributed by atoms with E-state index in [-0.39, 0.29) is 5.91 Å². The summed E-state index contributed by atoms with van der Waals surface area (Å²) in [5.41, 5.74) is 4.90. The number of aromatic nitrogens is 1. The summed E-state index contributed by atoms with van der Waals surface area (Å²) in [4.78, 5) is 17.8. The molecule has 2 heterocycles. The molecule has 0 bridgehead atoms. The number of benzene rings is 2. The number of hydrogen-bond donors (Lipinski definition) is 2. The summed E-state index contributed by atoms with van der Waals surface area (Å²) in [6.07, 6.45) is 5.83. The second-order valence-electron chi connectivity index (χ2n) is 8.65. The van der Waals surface area contributed by atoms with Gasteiger partial charge >= 0.3 is 0 Å². The van der Waals surface area contributed by atoms with Crippen molar-refractivity contribution < 1.29 is 9.53 Å². The number of rotatable bonds is 7. The number of hydrogen-bond acceptors (Lipinski definition) is 3. The molecule has 1 aliphatic carbocycles. The Morgan fingerprint density at radius 3 is 2.93 bits per heavy atom. The minimum Gasteiger partial charge on any atom is -0.492 e. The van der Waals surface area contributed by atoms with Crippen LogP contribution in [0.25, 0.3) is 10.9 Å². The summed E-state index contributed by atoms with van der Waals surface area (Å²) in [6.45, 7) is 4.20. The van der Waals surface area contributed by atoms with Crippen molar-refractivity contribution in [1.82, 2.24) is 15.2 Å². The predicted octanol–water partition coefficient (Wildman–Crippen LogP) is 4.02. The maximum absolute atomic E-state index is 12.1. The monoisotopic (exact) mass is 403 g/mol. The maximum Gasteiger partial charge on any atom is 0.220 e. The first-order valence-corrected chi connectivity index (χ1v) is 11.0. The molecule has 0 unspecified atom stereocenters. The van der Waals surface area contributed by atoms with Gasteiger partial charge in [0.25, 0.3) is 0 Å². The number of amides is 1. The Balaban J connectivity index is 1.22. The third kappa shape index (κ3) is 4.68. The summed E-state index contributed by atoms with van der Waals surface area (Å²) in [5.74, 6) is 1.86. The van der Waals surface area contributed by atoms with Gasteiger partial charge in [-0.1, -0.05) is 24.3 Å². The first-order chi connectivity index (χ1) is 14.7. The molecule has 5 heteroatoms. The molecular formula is C25H29N3O2. The van der Waals surface area contributed by atoms with Crippen LogP contribution in [0.5, 0.6) is 5.75 Å². The zero-order valence-corrected chi connectivity index (χ0v) is 17.3. The Hall–Kier alpha value is -2.79. The summed E-state index contributed by atoms with van der Waals surface area (Å²) < 4.78 is 6.00. The molecule has 0 spiro atoms. The quantitative estimate of drug-likeness (QED) is 0.626. The lowest BCUT2D eigenvalue weighted by atomic mass is 10.0. The molecule has 5 rings (SSSR count). The van der Waals surface area contributed by atoms with Crippen molar-refractivity contribution in [3.63, 3.8) is 0 Å². The van der Waals surface area contributed by atoms with Gasteiger partial charge < -0.3 is 15.0 Å². The van der Waals surface area contributed by atoms with Crippen molar-refractivity contribution in [3.8, 4) is 5.75 Å². The third-order valence-electron chi connectivity index (χ3n) is 6.14. The Morgan fingerprint density at radius 1 is 1.13 bits per heavy atom. The minimum absolute atomic E-state index is 0.162. The summed E-state index contributed by atoms with van der Waals surface area (Å²) in [7, 11) is 0. The molecule has 2 N–H and O–H groups in total. The highest BCUT2D eigenvalue weighted by molar-refractivity contribution is 5.79. The maximum atomic E-state index is 12.1. The minimum atomic E-state index is 0.162. The molecule has 1 fully saturated rings. The van der Waals surface area contributed by atoms with Crippen LogP contribution in [-0.4, -0.2) is 35.5 Å². The standard InChI is InChI=1S/C25H29N3O2/c29-25(27-15-19-1-2-19)8-5-18-4-7-24-22(13-18)17-28(11-12-30-24)16-20-3-6-21-9-10-26-23(21)14-20/h3-4,6-7,9-10,13-14,19,26H,1-2,5,8,11-12,15-17H2,(H,27,29). The second-order valence-corrected chi connectivity index (χ2v) is 8.65. The van der Waals surface area contributed by atoms with E-state index in [9.17, 15) is 4.79 Å². The molecule has 3 aromatic rings. The molecule has 2 aromatic carbocycles. The normalized spacial score (nSPS) is 16.7. The number of nitrogens with zero attached hydrogens (tertiary/aromatic N) is 1. The van der Waals surface area contributed by atoms with Crippen LogP contribution < -0.4 is 10.1 Å². The van der Waals surface area contributed by atoms with Gasteiger partial charge in [0.2, 0.25) is 5.91 Å². The van der Waals surface area contributed by atoms with Gasteiger partial charge in [-0.15, -0.1) is 0 Å². The molecule has 2 aliphatic rings. The van der Waals surface area contributed by atoms with E-state index < -0.39 is 0 Å². The number of fused-ring (bicyclic) bond motifs is 2. The van der Waals surface area contributed by atoms with Crippen LogP contribution in [0.2, 0.25) is 0 Å². The first kappa shape index (κ1) is 19.2. The number of H-pyrrole nitrogens is 1. The van der Waals surface area contributed by atoms with Gasteiger partial charge in [0.05, 0.1) is 0 Å². The molecule has 156 valence electrons. The Morgan fingerprint density at radius 2 is 2.03 bits per heavy atom. The summed E-state index contributed by atoms with van der Waals surface area (Å²) in [5, 5.41) is 4.30. The average Bonchev–Trinajstić information content (AvgIpc) is 3.50. The molecule has 0 saturated heterocycles. The zero-order chi connectivity index (χ0) is 20.3. The van der Waals surface area contributed by atoms with Crippen molar-refractivity contribution >= 4 is 16.8 Å². The average molecular weight is 404 g/mol. The topological polar surface area (TPSA) is 57.4 Å². The molecule has 1 aliphatic heterocycles. The van der Waals surface area contributed by atoms with Gasteiger partial charge in [-0.2, -0.15) is 0 Å². The molecule has 1 saturated carbocycles. The number of carbonyl (C=O) groups is 1. The molecule has 0 radical (unpaired) electrons. The lowest BCUT2D eigenvalue weighted by molar-refractivity contribution is -0.121. The van der Waals surface area contributed by atoms with Crippen LogP contribution in [0.15, 0.2) is 48.7 Å². The van der Waals surface area contributed by atoms with Gasteiger partial charge in [0.1, 0.15) is 12.4 Å². The van der Waals surface area contributed by atoms with E-state index in [0.29, 0.717) is 13.0 Å². The van der Waals surface area contributed by atoms with Gasteiger partial charge in [-0.25, -0.2) is 0 Å². The fourth-order valence-corrected chi connectivity index (χ4v) is 4.17. The lowest BCUT2D eigenvalue weighted by Crippen LogP contribution is -2.25. The van der Waals surface area contributed by atoms with E-state index in [1.807, 2.05) is 6.20 Å². The molecule has 1 aromatic heterocycles. The molecule has 30 heavy (non-hydrogen) atoms. The summed E-state index contributed by atoms with van der Waals surface area (Å²) in [6, 6.07) is 15.1. The van der Waals surface area contributed by atoms with Crippen molar-refractivity contribution in [2.45, 2.75) is 38.8 Å². The highest BCUT2D eigenvalue weighted by Gasteiger charge is 2.21. The highest BCUT2D eigenvalue weighted by Crippen LogP contribution is 2.28. The molecular weight excluding hydrogens is 374 g/mol. The fraction of sp³-hybridized carbons (Fsp3) is 0.400. The zero-order valence-electron chi connectivity index (χ0n) is 17.3. The van der Waals surface area contributed by atoms with Crippen molar-refractivity contribution in [2.75, 3.05) is 19.7 Å². The van der Waals surface area contributed by atoms with E-state index in [0.717, 1.165) is 44.3 Å². The van der Waals surface area contributed by atoms with Crippen LogP contribution in [0.4, 0.5) is 0 Å². The van der Waals surface area contributed by atoms with Crippen LogP contribution in [0, 0.1) is 5.92 Å². The lowest BCUT2D eigenvalue weighted by Gasteiger charge is -2.19. The first-order valence-electron chi connectivity index (χ1n) is 11.0. The van der Waals surface area contributed by atoms with Gasteiger partial charge in [0, 0.05) is 49.9 Å². The number of carbonyl (C=O) groups excluding carboxylic acids is 1. The number of aromatic amines is 1. The van der Waals surface area contributed by atoms with Crippen LogP contribution in [0.1, 0.15) is 36.0 Å². The predicted molar refractivity (Wildman–Crippen MR) is 118 cm³/mol. The Labute approximate surface area is 177 Å². The van der Waals surface area contributed by atoms with E-state index >= 15 is 0 Å². The number of nitrogens with one attached hydrogen (secondary N) is 2. The SMILES string of the molecule is O=C(CCc1ccc2c(c1)CN(Cc1ccc3cc[nH]c3c1)CCO2)NCC1CC1. The second kappa shape index (κ2) is 8.52. The van der Waals surface area contributed by atoms with Gasteiger partial charge in [-0.05, 0) is 59.9 Å². The van der Waals surface area contributed by atoms with Crippen LogP contribution in [-0.2, 0) is 24.3 Å². The van der Waals surface area contributed by atoms with Crippen LogP contribution in [0.3, 0.4) is 0 Å². The molecule has 5 nitrogen and oxygen atoms in total. The third-order valence-corrected chi connectivity index (χ3v) is 6.14. The van der Waals surface area contributed by atoms with Gasteiger partial charge in [0.15, 0.2) is 0 Å². The Bertz CT molecular complexity index is 1040. The fourth-order valence-electron chi connectivity index (χ4n) is 4.17. The van der Waals surface area contributed by atoms with Gasteiger partial charge in [-0.3, -0.25) is 9.69 Å². The van der Waals surface area contributed by atoms with Crippen molar-refractivity contribution in [3.05, 3.63) is 65.4 Å². The smallest absolute Gasteiger partial charge is 0.220 e. The largest absolute Gasteiger partial charge is 0.492 e. The van der Waals surface area contributed by atoms with Crippen LogP contribution >= 0.6 is 0 Å². The summed E-state index contributed by atoms with van der Waals surface area (Å²) >= 11 is 0. The van der Waals surface area contributed by atoms with E-state index in [2.05, 4.69) is 57.7 Å². The Kier molecular flexibility index (Phi) is 5.45. The van der Waals surface area contributed by atoms with Crippen molar-refractivity contribution in [1.29, 1.82) is 0 Å². The molecule has 1 amide bonds. The van der Waals surface area contributed by atoms with Crippen molar-refractivity contribution in [2.24, 2.45) is 5.92 Å². The van der Waals surface area contributed by atoms with E-state index in [4.69, 9.17) is 4.74 Å². The molecule has 0 atom stereocenters. The van der Waals surface area contributed by atoms with E-state index in [1.165, 1.54) is 40.4 Å².